The summed E-state index contributed by atoms with van der Waals surface area (Å²) in [5.41, 5.74) is 0.477. The van der Waals surface area contributed by atoms with Gasteiger partial charge in [-0.3, -0.25) is 4.79 Å². The molecule has 2 aromatic rings. The summed E-state index contributed by atoms with van der Waals surface area (Å²) >= 11 is 0. The number of amides is 1. The average molecular weight is 353 g/mol. The van der Waals surface area contributed by atoms with Gasteiger partial charge in [-0.2, -0.15) is 0 Å². The van der Waals surface area contributed by atoms with E-state index in [2.05, 4.69) is 29.7 Å². The standard InChI is InChI=1S/C18H23N7O/c26-17(15-13-16(22-14-21-15)23-7-2-1-3-8-23)24-9-11-25(12-10-24)18-19-5-4-6-20-18/h4-6,13-14H,1-3,7-12H2. The molecule has 8 nitrogen and oxygen atoms in total. The van der Waals surface area contributed by atoms with Gasteiger partial charge in [-0.15, -0.1) is 0 Å². The highest BCUT2D eigenvalue weighted by atomic mass is 16.2. The lowest BCUT2D eigenvalue weighted by atomic mass is 10.1. The largest absolute Gasteiger partial charge is 0.357 e. The molecule has 0 saturated carbocycles. The summed E-state index contributed by atoms with van der Waals surface area (Å²) < 4.78 is 0. The SMILES string of the molecule is O=C(c1cc(N2CCCCC2)ncn1)N1CCN(c2ncccn2)CC1. The molecule has 0 N–H and O–H groups in total. The first-order valence-corrected chi connectivity index (χ1v) is 9.19. The second kappa shape index (κ2) is 7.63. The number of rotatable bonds is 3. The molecule has 4 rings (SSSR count). The fraction of sp³-hybridized carbons (Fsp3) is 0.500. The van der Waals surface area contributed by atoms with Crippen molar-refractivity contribution in [3.05, 3.63) is 36.5 Å². The lowest BCUT2D eigenvalue weighted by Gasteiger charge is -2.34. The summed E-state index contributed by atoms with van der Waals surface area (Å²) in [5, 5.41) is 0. The molecule has 26 heavy (non-hydrogen) atoms. The zero-order chi connectivity index (χ0) is 17.8. The van der Waals surface area contributed by atoms with Gasteiger partial charge >= 0.3 is 0 Å². The number of hydrogen-bond donors (Lipinski definition) is 0. The maximum Gasteiger partial charge on any atom is 0.272 e. The zero-order valence-corrected chi connectivity index (χ0v) is 14.8. The third-order valence-electron chi connectivity index (χ3n) is 4.95. The van der Waals surface area contributed by atoms with E-state index in [-0.39, 0.29) is 5.91 Å². The molecule has 0 radical (unpaired) electrons. The van der Waals surface area contributed by atoms with E-state index in [1.165, 1.54) is 25.6 Å². The van der Waals surface area contributed by atoms with E-state index < -0.39 is 0 Å². The molecule has 0 bridgehead atoms. The predicted octanol–water partition coefficient (Wildman–Crippen LogP) is 1.22. The van der Waals surface area contributed by atoms with Crippen molar-refractivity contribution in [2.75, 3.05) is 49.1 Å². The van der Waals surface area contributed by atoms with Crippen LogP contribution in [0.5, 0.6) is 0 Å². The Bertz CT molecular complexity index is 740. The minimum absolute atomic E-state index is 0.0284. The maximum atomic E-state index is 12.8. The Balaban J connectivity index is 1.40. The van der Waals surface area contributed by atoms with Crippen molar-refractivity contribution in [1.29, 1.82) is 0 Å². The number of anilines is 2. The lowest BCUT2D eigenvalue weighted by Crippen LogP contribution is -2.49. The van der Waals surface area contributed by atoms with E-state index in [9.17, 15) is 4.79 Å². The van der Waals surface area contributed by atoms with Gasteiger partial charge in [0.1, 0.15) is 17.8 Å². The molecule has 2 fully saturated rings. The van der Waals surface area contributed by atoms with Gasteiger partial charge in [-0.25, -0.2) is 19.9 Å². The normalized spacial score (nSPS) is 18.1. The van der Waals surface area contributed by atoms with Crippen molar-refractivity contribution in [1.82, 2.24) is 24.8 Å². The number of piperazine rings is 1. The van der Waals surface area contributed by atoms with E-state index in [0.29, 0.717) is 24.7 Å². The van der Waals surface area contributed by atoms with Crippen molar-refractivity contribution in [2.45, 2.75) is 19.3 Å². The number of nitrogens with zero attached hydrogens (tertiary/aromatic N) is 7. The highest BCUT2D eigenvalue weighted by molar-refractivity contribution is 5.93. The molecule has 2 aromatic heterocycles. The number of hydrogen-bond acceptors (Lipinski definition) is 7. The smallest absolute Gasteiger partial charge is 0.272 e. The summed E-state index contributed by atoms with van der Waals surface area (Å²) in [6, 6.07) is 3.64. The first kappa shape index (κ1) is 16.7. The van der Waals surface area contributed by atoms with Gasteiger partial charge in [0.05, 0.1) is 0 Å². The molecule has 4 heterocycles. The molecule has 2 aliphatic heterocycles. The monoisotopic (exact) mass is 353 g/mol. The van der Waals surface area contributed by atoms with E-state index >= 15 is 0 Å². The molecular weight excluding hydrogens is 330 g/mol. The van der Waals surface area contributed by atoms with Gasteiger partial charge in [0.25, 0.3) is 5.91 Å². The third-order valence-corrected chi connectivity index (χ3v) is 4.95. The fourth-order valence-corrected chi connectivity index (χ4v) is 3.49. The molecule has 136 valence electrons. The predicted molar refractivity (Wildman–Crippen MR) is 98.2 cm³/mol. The van der Waals surface area contributed by atoms with Crippen LogP contribution in [-0.2, 0) is 0 Å². The second-order valence-electron chi connectivity index (χ2n) is 6.64. The quantitative estimate of drug-likeness (QED) is 0.821. The zero-order valence-electron chi connectivity index (χ0n) is 14.8. The summed E-state index contributed by atoms with van der Waals surface area (Å²) in [6.07, 6.45) is 8.60. The highest BCUT2D eigenvalue weighted by Crippen LogP contribution is 2.19. The number of carbonyl (C=O) groups excluding carboxylic acids is 1. The van der Waals surface area contributed by atoms with E-state index in [0.717, 1.165) is 32.0 Å². The van der Waals surface area contributed by atoms with Crippen LogP contribution in [0.1, 0.15) is 29.8 Å². The van der Waals surface area contributed by atoms with Crippen molar-refractivity contribution in [3.8, 4) is 0 Å². The summed E-state index contributed by atoms with van der Waals surface area (Å²) in [7, 11) is 0. The number of carbonyl (C=O) groups is 1. The van der Waals surface area contributed by atoms with E-state index in [4.69, 9.17) is 0 Å². The van der Waals surface area contributed by atoms with E-state index in [1.54, 1.807) is 18.5 Å². The van der Waals surface area contributed by atoms with Gasteiger partial charge in [-0.05, 0) is 25.3 Å². The summed E-state index contributed by atoms with van der Waals surface area (Å²) in [4.78, 5) is 36.2. The van der Waals surface area contributed by atoms with E-state index in [1.807, 2.05) is 11.0 Å². The minimum Gasteiger partial charge on any atom is -0.357 e. The first-order chi connectivity index (χ1) is 12.8. The van der Waals surface area contributed by atoms with Crippen LogP contribution in [-0.4, -0.2) is 70.0 Å². The summed E-state index contributed by atoms with van der Waals surface area (Å²) in [6.45, 7) is 4.72. The van der Waals surface area contributed by atoms with Crippen LogP contribution in [0.2, 0.25) is 0 Å². The van der Waals surface area contributed by atoms with Crippen LogP contribution < -0.4 is 9.80 Å². The van der Waals surface area contributed by atoms with Crippen molar-refractivity contribution < 1.29 is 4.79 Å². The van der Waals surface area contributed by atoms with Gasteiger partial charge in [0.2, 0.25) is 5.95 Å². The molecular formula is C18H23N7O. The van der Waals surface area contributed by atoms with Gasteiger partial charge in [0, 0.05) is 57.7 Å². The highest BCUT2D eigenvalue weighted by Gasteiger charge is 2.25. The number of piperidine rings is 1. The number of aromatic nitrogens is 4. The summed E-state index contributed by atoms with van der Waals surface area (Å²) in [5.74, 6) is 1.55. The van der Waals surface area contributed by atoms with Crippen molar-refractivity contribution in [2.24, 2.45) is 0 Å². The Morgan fingerprint density at radius 2 is 1.54 bits per heavy atom. The van der Waals surface area contributed by atoms with Crippen LogP contribution in [0.4, 0.5) is 11.8 Å². The molecule has 0 unspecified atom stereocenters. The molecule has 8 heteroatoms. The lowest BCUT2D eigenvalue weighted by molar-refractivity contribution is 0.0740. The van der Waals surface area contributed by atoms with Crippen LogP contribution >= 0.6 is 0 Å². The van der Waals surface area contributed by atoms with Gasteiger partial charge < -0.3 is 14.7 Å². The van der Waals surface area contributed by atoms with Crippen LogP contribution in [0, 0.1) is 0 Å². The van der Waals surface area contributed by atoms with Gasteiger partial charge in [-0.1, -0.05) is 0 Å². The molecule has 0 spiro atoms. The Morgan fingerprint density at radius 3 is 2.27 bits per heavy atom. The van der Waals surface area contributed by atoms with Crippen molar-refractivity contribution >= 4 is 17.7 Å². The molecule has 2 saturated heterocycles. The van der Waals surface area contributed by atoms with Crippen molar-refractivity contribution in [3.63, 3.8) is 0 Å². The van der Waals surface area contributed by atoms with Gasteiger partial charge in [0.15, 0.2) is 0 Å². The Hall–Kier alpha value is -2.77. The van der Waals surface area contributed by atoms with Crippen LogP contribution in [0.15, 0.2) is 30.9 Å². The van der Waals surface area contributed by atoms with Crippen LogP contribution in [0.3, 0.4) is 0 Å². The molecule has 0 aromatic carbocycles. The van der Waals surface area contributed by atoms with Crippen LogP contribution in [0.25, 0.3) is 0 Å². The average Bonchev–Trinajstić information content (AvgIpc) is 2.75. The Labute approximate surface area is 152 Å². The Kier molecular flexibility index (Phi) is 4.90. The Morgan fingerprint density at radius 1 is 0.808 bits per heavy atom. The first-order valence-electron chi connectivity index (χ1n) is 9.19. The topological polar surface area (TPSA) is 78.4 Å². The molecule has 1 amide bonds. The molecule has 2 aliphatic rings. The minimum atomic E-state index is -0.0284. The molecule has 0 aliphatic carbocycles. The fourth-order valence-electron chi connectivity index (χ4n) is 3.49. The molecule has 0 atom stereocenters. The third kappa shape index (κ3) is 3.58. The second-order valence-corrected chi connectivity index (χ2v) is 6.64. The maximum absolute atomic E-state index is 12.8.